The SMILES string of the molecule is COCCOCCN(Cc1ccccc1)C(=O)CC1CSCCN1. The second-order valence-electron chi connectivity index (χ2n) is 5.84. The van der Waals surface area contributed by atoms with E-state index >= 15 is 0 Å². The molecule has 0 spiro atoms. The van der Waals surface area contributed by atoms with Gasteiger partial charge in [0.25, 0.3) is 0 Å². The number of benzene rings is 1. The van der Waals surface area contributed by atoms with Gasteiger partial charge in [-0.1, -0.05) is 30.3 Å². The summed E-state index contributed by atoms with van der Waals surface area (Å²) in [6.45, 7) is 3.90. The van der Waals surface area contributed by atoms with Gasteiger partial charge in [-0.25, -0.2) is 0 Å². The molecule has 24 heavy (non-hydrogen) atoms. The number of hydrogen-bond donors (Lipinski definition) is 1. The van der Waals surface area contributed by atoms with E-state index in [1.165, 1.54) is 0 Å². The Bertz CT molecular complexity index is 467. The van der Waals surface area contributed by atoms with Gasteiger partial charge in [0.1, 0.15) is 0 Å². The molecular formula is C18H28N2O3S. The van der Waals surface area contributed by atoms with E-state index in [0.717, 1.165) is 23.6 Å². The molecule has 1 aromatic carbocycles. The summed E-state index contributed by atoms with van der Waals surface area (Å²) in [7, 11) is 1.66. The van der Waals surface area contributed by atoms with E-state index in [9.17, 15) is 4.79 Å². The predicted octanol–water partition coefficient (Wildman–Crippen LogP) is 1.77. The van der Waals surface area contributed by atoms with E-state index in [0.29, 0.717) is 39.3 Å². The first-order valence-electron chi connectivity index (χ1n) is 8.49. The number of carbonyl (C=O) groups is 1. The van der Waals surface area contributed by atoms with Crippen LogP contribution in [0, 0.1) is 0 Å². The van der Waals surface area contributed by atoms with E-state index in [2.05, 4.69) is 17.4 Å². The molecule has 0 aromatic heterocycles. The van der Waals surface area contributed by atoms with Crippen LogP contribution in [0.25, 0.3) is 0 Å². The molecule has 1 atom stereocenters. The van der Waals surface area contributed by atoms with Crippen LogP contribution in [0.3, 0.4) is 0 Å². The lowest BCUT2D eigenvalue weighted by Crippen LogP contribution is -2.43. The molecule has 0 bridgehead atoms. The smallest absolute Gasteiger partial charge is 0.224 e. The number of rotatable bonds is 10. The maximum absolute atomic E-state index is 12.7. The van der Waals surface area contributed by atoms with Crippen molar-refractivity contribution in [2.45, 2.75) is 19.0 Å². The first-order chi connectivity index (χ1) is 11.8. The molecule has 0 aliphatic carbocycles. The van der Waals surface area contributed by atoms with Crippen LogP contribution in [0.15, 0.2) is 30.3 Å². The molecule has 0 saturated carbocycles. The quantitative estimate of drug-likeness (QED) is 0.651. The summed E-state index contributed by atoms with van der Waals surface area (Å²) >= 11 is 1.92. The van der Waals surface area contributed by atoms with Gasteiger partial charge in [-0.3, -0.25) is 4.79 Å². The zero-order valence-electron chi connectivity index (χ0n) is 14.4. The summed E-state index contributed by atoms with van der Waals surface area (Å²) in [5.41, 5.74) is 1.15. The van der Waals surface area contributed by atoms with Gasteiger partial charge in [0, 0.05) is 50.7 Å². The van der Waals surface area contributed by atoms with Crippen molar-refractivity contribution in [1.82, 2.24) is 10.2 Å². The summed E-state index contributed by atoms with van der Waals surface area (Å²) in [6, 6.07) is 10.4. The normalized spacial score (nSPS) is 17.6. The summed E-state index contributed by atoms with van der Waals surface area (Å²) in [4.78, 5) is 14.6. The van der Waals surface area contributed by atoms with Crippen LogP contribution in [0.4, 0.5) is 0 Å². The molecule has 0 radical (unpaired) electrons. The number of amides is 1. The minimum absolute atomic E-state index is 0.189. The Balaban J connectivity index is 1.86. The van der Waals surface area contributed by atoms with Crippen molar-refractivity contribution >= 4 is 17.7 Å². The maximum Gasteiger partial charge on any atom is 0.224 e. The number of methoxy groups -OCH3 is 1. The molecule has 1 aliphatic rings. The molecule has 1 aliphatic heterocycles. The highest BCUT2D eigenvalue weighted by Crippen LogP contribution is 2.13. The van der Waals surface area contributed by atoms with E-state index in [4.69, 9.17) is 9.47 Å². The summed E-state index contributed by atoms with van der Waals surface area (Å²) in [6.07, 6.45) is 0.553. The Labute approximate surface area is 149 Å². The van der Waals surface area contributed by atoms with Gasteiger partial charge in [0.05, 0.1) is 19.8 Å². The van der Waals surface area contributed by atoms with Crippen molar-refractivity contribution in [3.8, 4) is 0 Å². The molecule has 1 unspecified atom stereocenters. The third kappa shape index (κ3) is 7.21. The van der Waals surface area contributed by atoms with Crippen molar-refractivity contribution in [2.75, 3.05) is 51.5 Å². The van der Waals surface area contributed by atoms with Crippen LogP contribution in [0.5, 0.6) is 0 Å². The molecule has 5 nitrogen and oxygen atoms in total. The minimum atomic E-state index is 0.189. The molecule has 2 rings (SSSR count). The summed E-state index contributed by atoms with van der Waals surface area (Å²) < 4.78 is 10.5. The number of nitrogens with one attached hydrogen (secondary N) is 1. The molecular weight excluding hydrogens is 324 g/mol. The van der Waals surface area contributed by atoms with Crippen molar-refractivity contribution in [2.24, 2.45) is 0 Å². The second-order valence-corrected chi connectivity index (χ2v) is 6.99. The second kappa shape index (κ2) is 11.5. The van der Waals surface area contributed by atoms with Crippen LogP contribution in [-0.2, 0) is 20.8 Å². The van der Waals surface area contributed by atoms with Crippen LogP contribution in [0.2, 0.25) is 0 Å². The van der Waals surface area contributed by atoms with Gasteiger partial charge >= 0.3 is 0 Å². The van der Waals surface area contributed by atoms with Crippen LogP contribution < -0.4 is 5.32 Å². The molecule has 1 fully saturated rings. The van der Waals surface area contributed by atoms with E-state index < -0.39 is 0 Å². The van der Waals surface area contributed by atoms with E-state index in [1.54, 1.807) is 7.11 Å². The zero-order valence-corrected chi connectivity index (χ0v) is 15.2. The zero-order chi connectivity index (χ0) is 17.0. The first-order valence-corrected chi connectivity index (χ1v) is 9.64. The van der Waals surface area contributed by atoms with E-state index in [-0.39, 0.29) is 11.9 Å². The minimum Gasteiger partial charge on any atom is -0.382 e. The fourth-order valence-electron chi connectivity index (χ4n) is 2.61. The molecule has 1 N–H and O–H groups in total. The Hall–Kier alpha value is -1.08. The van der Waals surface area contributed by atoms with Crippen molar-refractivity contribution in [3.63, 3.8) is 0 Å². The standard InChI is InChI=1S/C18H28N2O3S/c1-22-10-11-23-9-8-20(14-16-5-3-2-4-6-16)18(21)13-17-15-24-12-7-19-17/h2-6,17,19H,7-15H2,1H3. The van der Waals surface area contributed by atoms with Gasteiger partial charge in [-0.05, 0) is 5.56 Å². The number of carbonyl (C=O) groups excluding carboxylic acids is 1. The van der Waals surface area contributed by atoms with Gasteiger partial charge in [0.15, 0.2) is 0 Å². The Morgan fingerprint density at radius 2 is 2.12 bits per heavy atom. The lowest BCUT2D eigenvalue weighted by atomic mass is 10.1. The fraction of sp³-hybridized carbons (Fsp3) is 0.611. The number of thioether (sulfide) groups is 1. The Morgan fingerprint density at radius 3 is 2.83 bits per heavy atom. The van der Waals surface area contributed by atoms with Gasteiger partial charge < -0.3 is 19.7 Å². The maximum atomic E-state index is 12.7. The fourth-order valence-corrected chi connectivity index (χ4v) is 3.55. The largest absolute Gasteiger partial charge is 0.382 e. The van der Waals surface area contributed by atoms with Crippen LogP contribution in [-0.4, -0.2) is 68.4 Å². The van der Waals surface area contributed by atoms with Crippen molar-refractivity contribution in [1.29, 1.82) is 0 Å². The average Bonchev–Trinajstić information content (AvgIpc) is 2.62. The number of nitrogens with zero attached hydrogens (tertiary/aromatic N) is 1. The lowest BCUT2D eigenvalue weighted by molar-refractivity contribution is -0.133. The van der Waals surface area contributed by atoms with Gasteiger partial charge in [0.2, 0.25) is 5.91 Å². The molecule has 1 heterocycles. The average molecular weight is 353 g/mol. The summed E-state index contributed by atoms with van der Waals surface area (Å²) in [5.74, 6) is 2.33. The highest BCUT2D eigenvalue weighted by molar-refractivity contribution is 7.99. The third-order valence-corrected chi connectivity index (χ3v) is 5.06. The molecule has 134 valence electrons. The topological polar surface area (TPSA) is 50.8 Å². The highest BCUT2D eigenvalue weighted by Gasteiger charge is 2.21. The predicted molar refractivity (Wildman–Crippen MR) is 98.3 cm³/mol. The lowest BCUT2D eigenvalue weighted by Gasteiger charge is -2.27. The van der Waals surface area contributed by atoms with E-state index in [1.807, 2.05) is 34.9 Å². The third-order valence-electron chi connectivity index (χ3n) is 3.93. The highest BCUT2D eigenvalue weighted by atomic mass is 32.2. The Morgan fingerprint density at radius 1 is 1.29 bits per heavy atom. The molecule has 1 aromatic rings. The monoisotopic (exact) mass is 352 g/mol. The summed E-state index contributed by atoms with van der Waals surface area (Å²) in [5, 5.41) is 3.44. The first kappa shape index (κ1) is 19.2. The van der Waals surface area contributed by atoms with Crippen LogP contribution >= 0.6 is 11.8 Å². The molecule has 6 heteroatoms. The van der Waals surface area contributed by atoms with Crippen molar-refractivity contribution in [3.05, 3.63) is 35.9 Å². The van der Waals surface area contributed by atoms with Gasteiger partial charge in [-0.2, -0.15) is 11.8 Å². The van der Waals surface area contributed by atoms with Gasteiger partial charge in [-0.15, -0.1) is 0 Å². The van der Waals surface area contributed by atoms with Crippen LogP contribution in [0.1, 0.15) is 12.0 Å². The number of hydrogen-bond acceptors (Lipinski definition) is 5. The van der Waals surface area contributed by atoms with Crippen molar-refractivity contribution < 1.29 is 14.3 Å². The Kier molecular flexibility index (Phi) is 9.20. The molecule has 1 saturated heterocycles. The number of ether oxygens (including phenoxy) is 2. The molecule has 1 amide bonds.